The van der Waals surface area contributed by atoms with Gasteiger partial charge in [-0.1, -0.05) is 12.1 Å². The van der Waals surface area contributed by atoms with E-state index < -0.39 is 0 Å². The number of thioether (sulfide) groups is 2. The lowest BCUT2D eigenvalue weighted by molar-refractivity contribution is 0.445. The fourth-order valence-electron chi connectivity index (χ4n) is 2.11. The summed E-state index contributed by atoms with van der Waals surface area (Å²) in [5.41, 5.74) is 2.80. The maximum atomic E-state index is 3.62. The minimum absolute atomic E-state index is 0.670. The largest absolute Gasteiger partial charge is 0.382 e. The molecule has 86 valence electrons. The molecular formula is C13H17NS2. The van der Waals surface area contributed by atoms with Crippen LogP contribution in [0.15, 0.2) is 24.3 Å². The first kappa shape index (κ1) is 10.8. The van der Waals surface area contributed by atoms with Crippen LogP contribution in [0.1, 0.15) is 29.4 Å². The molecule has 1 heterocycles. The van der Waals surface area contributed by atoms with Gasteiger partial charge in [-0.25, -0.2) is 0 Å². The zero-order valence-corrected chi connectivity index (χ0v) is 10.9. The Balaban J connectivity index is 1.70. The van der Waals surface area contributed by atoms with Gasteiger partial charge >= 0.3 is 0 Å². The molecule has 1 saturated heterocycles. The Bertz CT molecular complexity index is 357. The minimum Gasteiger partial charge on any atom is -0.382 e. The van der Waals surface area contributed by atoms with Crippen molar-refractivity contribution < 1.29 is 0 Å². The highest BCUT2D eigenvalue weighted by atomic mass is 32.2. The summed E-state index contributed by atoms with van der Waals surface area (Å²) in [5.74, 6) is 2.60. The van der Waals surface area contributed by atoms with Gasteiger partial charge in [0.2, 0.25) is 0 Å². The van der Waals surface area contributed by atoms with Crippen molar-refractivity contribution in [3.8, 4) is 0 Å². The molecule has 3 heteroatoms. The zero-order chi connectivity index (χ0) is 10.8. The van der Waals surface area contributed by atoms with Crippen molar-refractivity contribution >= 4 is 29.2 Å². The van der Waals surface area contributed by atoms with E-state index in [-0.39, 0.29) is 0 Å². The first-order valence-electron chi connectivity index (χ1n) is 6.01. The van der Waals surface area contributed by atoms with Gasteiger partial charge in [0.1, 0.15) is 0 Å². The number of rotatable bonds is 3. The first-order valence-corrected chi connectivity index (χ1v) is 8.11. The molecule has 1 aliphatic heterocycles. The molecule has 0 radical (unpaired) electrons. The lowest BCUT2D eigenvalue weighted by Gasteiger charge is -2.27. The number of nitrogens with one attached hydrogen (secondary N) is 1. The molecule has 3 rings (SSSR count). The van der Waals surface area contributed by atoms with Crippen molar-refractivity contribution in [2.45, 2.75) is 29.9 Å². The fraction of sp³-hybridized carbons (Fsp3) is 0.538. The molecule has 0 unspecified atom stereocenters. The Morgan fingerprint density at radius 1 is 1.12 bits per heavy atom. The van der Waals surface area contributed by atoms with Crippen LogP contribution in [0.3, 0.4) is 0 Å². The van der Waals surface area contributed by atoms with Crippen LogP contribution in [0.5, 0.6) is 0 Å². The van der Waals surface area contributed by atoms with E-state index in [0.29, 0.717) is 4.58 Å². The molecule has 2 fully saturated rings. The van der Waals surface area contributed by atoms with Crippen molar-refractivity contribution in [2.24, 2.45) is 0 Å². The van der Waals surface area contributed by atoms with Gasteiger partial charge in [0.15, 0.2) is 0 Å². The van der Waals surface area contributed by atoms with E-state index in [1.54, 1.807) is 0 Å². The molecule has 1 N–H and O–H groups in total. The lowest BCUT2D eigenvalue weighted by atomic mass is 9.93. The number of benzene rings is 1. The molecule has 16 heavy (non-hydrogen) atoms. The van der Waals surface area contributed by atoms with Crippen molar-refractivity contribution in [3.63, 3.8) is 0 Å². The van der Waals surface area contributed by atoms with Crippen LogP contribution < -0.4 is 5.32 Å². The van der Waals surface area contributed by atoms with E-state index in [2.05, 4.69) is 53.1 Å². The van der Waals surface area contributed by atoms with E-state index in [1.807, 2.05) is 0 Å². The molecule has 1 saturated carbocycles. The van der Waals surface area contributed by atoms with Gasteiger partial charge in [0.25, 0.3) is 0 Å². The third kappa shape index (κ3) is 2.35. The van der Waals surface area contributed by atoms with E-state index in [1.165, 1.54) is 42.0 Å². The molecule has 1 aromatic rings. The number of anilines is 1. The first-order chi connectivity index (χ1) is 7.92. The molecular weight excluding hydrogens is 234 g/mol. The predicted molar refractivity (Wildman–Crippen MR) is 75.4 cm³/mol. The second kappa shape index (κ2) is 4.92. The Labute approximate surface area is 106 Å². The van der Waals surface area contributed by atoms with Crippen molar-refractivity contribution in [1.82, 2.24) is 0 Å². The molecule has 1 aliphatic carbocycles. The quantitative estimate of drug-likeness (QED) is 0.867. The molecule has 2 aliphatic rings. The summed E-state index contributed by atoms with van der Waals surface area (Å²) in [4.78, 5) is 0. The van der Waals surface area contributed by atoms with Crippen molar-refractivity contribution in [3.05, 3.63) is 29.8 Å². The van der Waals surface area contributed by atoms with Gasteiger partial charge in [-0.3, -0.25) is 0 Å². The van der Waals surface area contributed by atoms with E-state index >= 15 is 0 Å². The third-order valence-corrected chi connectivity index (χ3v) is 6.36. The second-order valence-corrected chi connectivity index (χ2v) is 7.20. The highest BCUT2D eigenvalue weighted by molar-refractivity contribution is 8.19. The summed E-state index contributed by atoms with van der Waals surface area (Å²) in [6.45, 7) is 0. The van der Waals surface area contributed by atoms with Crippen LogP contribution in [-0.2, 0) is 0 Å². The Morgan fingerprint density at radius 3 is 2.62 bits per heavy atom. The van der Waals surface area contributed by atoms with E-state index in [4.69, 9.17) is 0 Å². The van der Waals surface area contributed by atoms with Crippen molar-refractivity contribution in [2.75, 3.05) is 16.8 Å². The van der Waals surface area contributed by atoms with Crippen LogP contribution in [0.25, 0.3) is 0 Å². The van der Waals surface area contributed by atoms with Crippen LogP contribution in [0.4, 0.5) is 5.69 Å². The highest BCUT2D eigenvalue weighted by Crippen LogP contribution is 2.45. The molecule has 0 bridgehead atoms. The summed E-state index contributed by atoms with van der Waals surface area (Å²) in [6, 6.07) is 9.73. The van der Waals surface area contributed by atoms with Crippen LogP contribution in [0.2, 0.25) is 0 Å². The summed E-state index contributed by atoms with van der Waals surface area (Å²) in [7, 11) is 0. The standard InChI is InChI=1S/C13H17NS2/c1-3-10(13-15-7-8-16-13)9-12(6-1)14-11-4-2-5-11/h1,3,6,9,11,13-14H,2,4-5,7-8H2. The highest BCUT2D eigenvalue weighted by Gasteiger charge is 2.20. The maximum absolute atomic E-state index is 3.62. The summed E-state index contributed by atoms with van der Waals surface area (Å²) < 4.78 is 0.670. The van der Waals surface area contributed by atoms with Crippen molar-refractivity contribution in [1.29, 1.82) is 0 Å². The molecule has 0 spiro atoms. The van der Waals surface area contributed by atoms with Gasteiger partial charge in [0, 0.05) is 23.2 Å². The van der Waals surface area contributed by atoms with E-state index in [9.17, 15) is 0 Å². The average molecular weight is 251 g/mol. The normalized spacial score (nSPS) is 22.0. The average Bonchev–Trinajstić information content (AvgIpc) is 2.77. The topological polar surface area (TPSA) is 12.0 Å². The molecule has 1 aromatic carbocycles. The Hall–Kier alpha value is -0.280. The van der Waals surface area contributed by atoms with Gasteiger partial charge in [-0.05, 0) is 37.0 Å². The fourth-order valence-corrected chi connectivity index (χ4v) is 4.95. The summed E-state index contributed by atoms with van der Waals surface area (Å²) in [6.07, 6.45) is 4.08. The molecule has 0 atom stereocenters. The van der Waals surface area contributed by atoms with Gasteiger partial charge in [-0.15, -0.1) is 23.5 Å². The van der Waals surface area contributed by atoms with Crippen LogP contribution in [0, 0.1) is 0 Å². The minimum atomic E-state index is 0.670. The second-order valence-electron chi connectivity index (χ2n) is 4.47. The zero-order valence-electron chi connectivity index (χ0n) is 9.32. The lowest BCUT2D eigenvalue weighted by Crippen LogP contribution is -2.26. The number of hydrogen-bond donors (Lipinski definition) is 1. The van der Waals surface area contributed by atoms with Crippen LogP contribution in [-0.4, -0.2) is 17.5 Å². The maximum Gasteiger partial charge on any atom is 0.0752 e. The Morgan fingerprint density at radius 2 is 1.94 bits per heavy atom. The smallest absolute Gasteiger partial charge is 0.0752 e. The SMILES string of the molecule is c1cc(NC2CCC2)cc(C2SCCS2)c1. The molecule has 0 amide bonds. The monoisotopic (exact) mass is 251 g/mol. The van der Waals surface area contributed by atoms with Gasteiger partial charge < -0.3 is 5.32 Å². The Kier molecular flexibility index (Phi) is 3.34. The third-order valence-electron chi connectivity index (χ3n) is 3.26. The molecule has 1 nitrogen and oxygen atoms in total. The molecule has 0 aromatic heterocycles. The summed E-state index contributed by atoms with van der Waals surface area (Å²) >= 11 is 4.16. The predicted octanol–water partition coefficient (Wildman–Crippen LogP) is 4.13. The van der Waals surface area contributed by atoms with E-state index in [0.717, 1.165) is 6.04 Å². The van der Waals surface area contributed by atoms with Gasteiger partial charge in [0.05, 0.1) is 4.58 Å². The van der Waals surface area contributed by atoms with Crippen LogP contribution >= 0.6 is 23.5 Å². The number of hydrogen-bond acceptors (Lipinski definition) is 3. The summed E-state index contributed by atoms with van der Waals surface area (Å²) in [5, 5.41) is 3.62. The van der Waals surface area contributed by atoms with Gasteiger partial charge in [-0.2, -0.15) is 0 Å².